The lowest BCUT2D eigenvalue weighted by Gasteiger charge is -2.17. The van der Waals surface area contributed by atoms with Crippen LogP contribution >= 0.6 is 11.8 Å². The number of hydrogen-bond donors (Lipinski definition) is 1. The van der Waals surface area contributed by atoms with E-state index < -0.39 is 0 Å². The fraction of sp³-hybridized carbons (Fsp3) is 0.192. The van der Waals surface area contributed by atoms with Crippen LogP contribution in [0.15, 0.2) is 83.9 Å². The van der Waals surface area contributed by atoms with Crippen LogP contribution in [-0.2, 0) is 4.79 Å². The Hall–Kier alpha value is -3.38. The van der Waals surface area contributed by atoms with Crippen molar-refractivity contribution in [3.63, 3.8) is 0 Å². The van der Waals surface area contributed by atoms with Crippen LogP contribution in [0.2, 0.25) is 0 Å². The summed E-state index contributed by atoms with van der Waals surface area (Å²) in [5.74, 6) is 0.221. The molecule has 2 heterocycles. The Kier molecular flexibility index (Phi) is 6.03. The minimum Gasteiger partial charge on any atom is -0.372 e. The molecule has 5 nitrogen and oxygen atoms in total. The van der Waals surface area contributed by atoms with Crippen molar-refractivity contribution < 1.29 is 4.79 Å². The maximum absolute atomic E-state index is 12.6. The van der Waals surface area contributed by atoms with Gasteiger partial charge in [0, 0.05) is 40.8 Å². The number of nitrogens with zero attached hydrogens (tertiary/aromatic N) is 3. The van der Waals surface area contributed by atoms with E-state index in [1.807, 2.05) is 60.7 Å². The molecule has 160 valence electrons. The van der Waals surface area contributed by atoms with Crippen molar-refractivity contribution in [2.45, 2.75) is 17.9 Å². The number of nitrogens with one attached hydrogen (secondary N) is 1. The number of fused-ring (bicyclic) bond motifs is 1. The number of hydrogen-bond acceptors (Lipinski definition) is 5. The third kappa shape index (κ3) is 4.46. The molecule has 1 aliphatic rings. The molecule has 1 fully saturated rings. The second kappa shape index (κ2) is 9.40. The molecule has 4 aromatic rings. The van der Waals surface area contributed by atoms with Gasteiger partial charge in [-0.05, 0) is 37.1 Å². The number of benzene rings is 3. The molecule has 0 aliphatic carbocycles. The van der Waals surface area contributed by atoms with Gasteiger partial charge in [0.25, 0.3) is 0 Å². The largest absolute Gasteiger partial charge is 0.372 e. The molecular weight excluding hydrogens is 416 g/mol. The lowest BCUT2D eigenvalue weighted by atomic mass is 10.1. The van der Waals surface area contributed by atoms with E-state index in [1.54, 1.807) is 0 Å². The minimum atomic E-state index is -0.0538. The number of rotatable bonds is 6. The highest BCUT2D eigenvalue weighted by atomic mass is 32.2. The fourth-order valence-corrected chi connectivity index (χ4v) is 4.83. The summed E-state index contributed by atoms with van der Waals surface area (Å²) < 4.78 is 0. The van der Waals surface area contributed by atoms with E-state index in [1.165, 1.54) is 30.3 Å². The first-order valence-electron chi connectivity index (χ1n) is 10.9. The average molecular weight is 441 g/mol. The van der Waals surface area contributed by atoms with E-state index >= 15 is 0 Å². The van der Waals surface area contributed by atoms with Crippen molar-refractivity contribution in [2.24, 2.45) is 0 Å². The molecule has 0 unspecified atom stereocenters. The molecule has 1 N–H and O–H groups in total. The van der Waals surface area contributed by atoms with E-state index in [0.29, 0.717) is 0 Å². The van der Waals surface area contributed by atoms with Gasteiger partial charge in [-0.1, -0.05) is 66.4 Å². The monoisotopic (exact) mass is 440 g/mol. The molecule has 0 spiro atoms. The standard InChI is InChI=1S/C26H24N4OS/c31-24(27-20-12-14-21(15-13-20)30-16-6-7-17-30)18-32-26-23-11-5-4-10-22(23)25(28-29-26)19-8-2-1-3-9-19/h1-5,8-15H,6-7,16-18H2,(H,27,31). The summed E-state index contributed by atoms with van der Waals surface area (Å²) in [6.07, 6.45) is 2.50. The zero-order chi connectivity index (χ0) is 21.8. The number of anilines is 2. The fourth-order valence-electron chi connectivity index (χ4n) is 4.06. The third-order valence-corrected chi connectivity index (χ3v) is 6.64. The molecular formula is C26H24N4OS. The molecule has 1 saturated heterocycles. The van der Waals surface area contributed by atoms with Crippen LogP contribution in [0.4, 0.5) is 11.4 Å². The maximum Gasteiger partial charge on any atom is 0.234 e. The summed E-state index contributed by atoms with van der Waals surface area (Å²) in [6.45, 7) is 2.22. The summed E-state index contributed by atoms with van der Waals surface area (Å²) in [4.78, 5) is 14.9. The Labute approximate surface area is 191 Å². The summed E-state index contributed by atoms with van der Waals surface area (Å²) in [7, 11) is 0. The van der Waals surface area contributed by atoms with E-state index in [0.717, 1.165) is 45.8 Å². The first-order valence-corrected chi connectivity index (χ1v) is 11.8. The lowest BCUT2D eigenvalue weighted by Crippen LogP contribution is -2.18. The first kappa shape index (κ1) is 20.5. The van der Waals surface area contributed by atoms with Gasteiger partial charge in [-0.3, -0.25) is 4.79 Å². The van der Waals surface area contributed by atoms with Crippen LogP contribution in [0.5, 0.6) is 0 Å². The number of thioether (sulfide) groups is 1. The highest BCUT2D eigenvalue weighted by Crippen LogP contribution is 2.31. The summed E-state index contributed by atoms with van der Waals surface area (Å²) >= 11 is 1.41. The highest BCUT2D eigenvalue weighted by molar-refractivity contribution is 8.00. The second-order valence-electron chi connectivity index (χ2n) is 7.84. The van der Waals surface area contributed by atoms with Crippen LogP contribution in [0.1, 0.15) is 12.8 Å². The van der Waals surface area contributed by atoms with Gasteiger partial charge in [0.05, 0.1) is 5.75 Å². The molecule has 0 radical (unpaired) electrons. The van der Waals surface area contributed by atoms with Crippen molar-refractivity contribution in [3.05, 3.63) is 78.9 Å². The van der Waals surface area contributed by atoms with Crippen LogP contribution in [-0.4, -0.2) is 34.9 Å². The predicted octanol–water partition coefficient (Wildman–Crippen LogP) is 5.63. The number of carbonyl (C=O) groups excluding carboxylic acids is 1. The lowest BCUT2D eigenvalue weighted by molar-refractivity contribution is -0.113. The van der Waals surface area contributed by atoms with Gasteiger partial charge in [0.1, 0.15) is 10.7 Å². The van der Waals surface area contributed by atoms with Crippen LogP contribution in [0, 0.1) is 0 Å². The molecule has 6 heteroatoms. The van der Waals surface area contributed by atoms with Gasteiger partial charge < -0.3 is 10.2 Å². The average Bonchev–Trinajstić information content (AvgIpc) is 3.39. The molecule has 5 rings (SSSR count). The van der Waals surface area contributed by atoms with Gasteiger partial charge >= 0.3 is 0 Å². The minimum absolute atomic E-state index is 0.0538. The Balaban J connectivity index is 1.27. The maximum atomic E-state index is 12.6. The van der Waals surface area contributed by atoms with Crippen molar-refractivity contribution >= 4 is 39.8 Å². The Morgan fingerprint density at radius 1 is 0.844 bits per heavy atom. The van der Waals surface area contributed by atoms with Crippen LogP contribution in [0.3, 0.4) is 0 Å². The predicted molar refractivity (Wildman–Crippen MR) is 132 cm³/mol. The van der Waals surface area contributed by atoms with Gasteiger partial charge in [0.15, 0.2) is 0 Å². The zero-order valence-electron chi connectivity index (χ0n) is 17.7. The summed E-state index contributed by atoms with van der Waals surface area (Å²) in [5.41, 5.74) is 3.92. The normalized spacial score (nSPS) is 13.4. The van der Waals surface area contributed by atoms with Crippen molar-refractivity contribution in [3.8, 4) is 11.3 Å². The molecule has 1 aromatic heterocycles. The van der Waals surface area contributed by atoms with Gasteiger partial charge in [0.2, 0.25) is 5.91 Å². The van der Waals surface area contributed by atoms with E-state index in [9.17, 15) is 4.79 Å². The van der Waals surface area contributed by atoms with Crippen molar-refractivity contribution in [1.82, 2.24) is 10.2 Å². The topological polar surface area (TPSA) is 58.1 Å². The van der Waals surface area contributed by atoms with Crippen LogP contribution in [0.25, 0.3) is 22.0 Å². The van der Waals surface area contributed by atoms with Gasteiger partial charge in [-0.25, -0.2) is 0 Å². The molecule has 0 bridgehead atoms. The second-order valence-corrected chi connectivity index (χ2v) is 8.81. The highest BCUT2D eigenvalue weighted by Gasteiger charge is 2.14. The van der Waals surface area contributed by atoms with E-state index in [2.05, 4.69) is 38.6 Å². The smallest absolute Gasteiger partial charge is 0.234 e. The van der Waals surface area contributed by atoms with Crippen molar-refractivity contribution in [2.75, 3.05) is 29.1 Å². The SMILES string of the molecule is O=C(CSc1nnc(-c2ccccc2)c2ccccc12)Nc1ccc(N2CCCC2)cc1. The first-order chi connectivity index (χ1) is 15.8. The molecule has 1 aliphatic heterocycles. The third-order valence-electron chi connectivity index (χ3n) is 5.66. The zero-order valence-corrected chi connectivity index (χ0v) is 18.5. The quantitative estimate of drug-likeness (QED) is 0.394. The summed E-state index contributed by atoms with van der Waals surface area (Å²) in [5, 5.41) is 14.7. The number of amides is 1. The van der Waals surface area contributed by atoms with E-state index in [-0.39, 0.29) is 11.7 Å². The molecule has 32 heavy (non-hydrogen) atoms. The molecule has 1 amide bonds. The molecule has 3 aromatic carbocycles. The van der Waals surface area contributed by atoms with Crippen LogP contribution < -0.4 is 10.2 Å². The van der Waals surface area contributed by atoms with Gasteiger partial charge in [-0.2, -0.15) is 0 Å². The van der Waals surface area contributed by atoms with E-state index in [4.69, 9.17) is 0 Å². The Morgan fingerprint density at radius 2 is 1.53 bits per heavy atom. The molecule has 0 saturated carbocycles. The Morgan fingerprint density at radius 3 is 2.28 bits per heavy atom. The number of carbonyl (C=O) groups is 1. The number of aromatic nitrogens is 2. The van der Waals surface area contributed by atoms with Crippen molar-refractivity contribution in [1.29, 1.82) is 0 Å². The molecule has 0 atom stereocenters. The Bertz CT molecular complexity index is 1220. The van der Waals surface area contributed by atoms with Gasteiger partial charge in [-0.15, -0.1) is 10.2 Å². The summed E-state index contributed by atoms with van der Waals surface area (Å²) in [6, 6.07) is 26.2.